The molecule has 1 atom stereocenters. The van der Waals surface area contributed by atoms with Gasteiger partial charge in [0.2, 0.25) is 0 Å². The highest BCUT2D eigenvalue weighted by molar-refractivity contribution is 5.85. The van der Waals surface area contributed by atoms with E-state index in [0.29, 0.717) is 5.92 Å². The SMILES string of the molecule is NCC1CCc2[nH]c3ccc(F)cc3c2C1. The van der Waals surface area contributed by atoms with Crippen LogP contribution in [-0.2, 0) is 12.8 Å². The summed E-state index contributed by atoms with van der Waals surface area (Å²) in [6.45, 7) is 0.724. The summed E-state index contributed by atoms with van der Waals surface area (Å²) in [5, 5.41) is 1.04. The van der Waals surface area contributed by atoms with Crippen molar-refractivity contribution < 1.29 is 4.39 Å². The van der Waals surface area contributed by atoms with E-state index in [2.05, 4.69) is 4.98 Å². The van der Waals surface area contributed by atoms with Gasteiger partial charge in [-0.1, -0.05) is 0 Å². The smallest absolute Gasteiger partial charge is 0.123 e. The Morgan fingerprint density at radius 1 is 1.44 bits per heavy atom. The summed E-state index contributed by atoms with van der Waals surface area (Å²) in [7, 11) is 0. The van der Waals surface area contributed by atoms with E-state index in [9.17, 15) is 4.39 Å². The predicted octanol–water partition coefficient (Wildman–Crippen LogP) is 2.37. The number of fused-ring (bicyclic) bond motifs is 3. The van der Waals surface area contributed by atoms with Crippen molar-refractivity contribution in [2.75, 3.05) is 6.54 Å². The Balaban J connectivity index is 2.15. The van der Waals surface area contributed by atoms with Crippen LogP contribution in [0.1, 0.15) is 17.7 Å². The normalized spacial score (nSPS) is 20.0. The maximum absolute atomic E-state index is 13.2. The fourth-order valence-corrected chi connectivity index (χ4v) is 2.66. The van der Waals surface area contributed by atoms with Crippen molar-refractivity contribution in [2.24, 2.45) is 11.7 Å². The van der Waals surface area contributed by atoms with Gasteiger partial charge in [0.05, 0.1) is 0 Å². The molecule has 0 bridgehead atoms. The summed E-state index contributed by atoms with van der Waals surface area (Å²) in [5.74, 6) is 0.388. The molecule has 1 heterocycles. The van der Waals surface area contributed by atoms with Crippen molar-refractivity contribution >= 4 is 10.9 Å². The molecule has 1 aliphatic carbocycles. The van der Waals surface area contributed by atoms with Gasteiger partial charge in [0.1, 0.15) is 5.82 Å². The molecule has 1 aliphatic rings. The summed E-state index contributed by atoms with van der Waals surface area (Å²) < 4.78 is 13.2. The lowest BCUT2D eigenvalue weighted by molar-refractivity contribution is 0.468. The van der Waals surface area contributed by atoms with Crippen molar-refractivity contribution in [2.45, 2.75) is 19.3 Å². The number of halogens is 1. The minimum atomic E-state index is -0.163. The molecule has 0 saturated heterocycles. The number of aryl methyl sites for hydroxylation is 1. The maximum atomic E-state index is 13.2. The number of benzene rings is 1. The van der Waals surface area contributed by atoms with Crippen LogP contribution in [0.3, 0.4) is 0 Å². The highest BCUT2D eigenvalue weighted by atomic mass is 19.1. The zero-order valence-corrected chi connectivity index (χ0v) is 9.09. The average Bonchev–Trinajstić information content (AvgIpc) is 2.66. The molecule has 0 radical (unpaired) electrons. The number of aromatic amines is 1. The van der Waals surface area contributed by atoms with Crippen LogP contribution in [0.5, 0.6) is 0 Å². The summed E-state index contributed by atoms with van der Waals surface area (Å²) in [4.78, 5) is 3.38. The lowest BCUT2D eigenvalue weighted by atomic mass is 9.86. The first kappa shape index (κ1) is 9.85. The monoisotopic (exact) mass is 218 g/mol. The average molecular weight is 218 g/mol. The molecule has 0 amide bonds. The number of H-pyrrole nitrogens is 1. The van der Waals surface area contributed by atoms with Gasteiger partial charge >= 0.3 is 0 Å². The lowest BCUT2D eigenvalue weighted by Gasteiger charge is -2.20. The fourth-order valence-electron chi connectivity index (χ4n) is 2.66. The van der Waals surface area contributed by atoms with Crippen LogP contribution in [0.25, 0.3) is 10.9 Å². The van der Waals surface area contributed by atoms with Crippen LogP contribution >= 0.6 is 0 Å². The molecule has 0 spiro atoms. The molecule has 1 aromatic heterocycles. The molecule has 1 unspecified atom stereocenters. The molecule has 84 valence electrons. The third-order valence-corrected chi connectivity index (χ3v) is 3.59. The van der Waals surface area contributed by atoms with E-state index in [1.807, 2.05) is 6.07 Å². The molecule has 3 N–H and O–H groups in total. The molecule has 3 rings (SSSR count). The van der Waals surface area contributed by atoms with Crippen LogP contribution in [0, 0.1) is 11.7 Å². The van der Waals surface area contributed by atoms with E-state index in [4.69, 9.17) is 5.73 Å². The van der Waals surface area contributed by atoms with Gasteiger partial charge < -0.3 is 10.7 Å². The van der Waals surface area contributed by atoms with Gasteiger partial charge in [0, 0.05) is 16.6 Å². The first-order valence-electron chi connectivity index (χ1n) is 5.77. The maximum Gasteiger partial charge on any atom is 0.123 e. The van der Waals surface area contributed by atoms with Gasteiger partial charge in [-0.05, 0) is 55.5 Å². The summed E-state index contributed by atoms with van der Waals surface area (Å²) in [6.07, 6.45) is 3.15. The number of nitrogens with two attached hydrogens (primary N) is 1. The van der Waals surface area contributed by atoms with Crippen molar-refractivity contribution in [3.63, 3.8) is 0 Å². The third-order valence-electron chi connectivity index (χ3n) is 3.59. The largest absolute Gasteiger partial charge is 0.358 e. The third kappa shape index (κ3) is 1.43. The standard InChI is InChI=1S/C13H15FN2/c14-9-2-4-13-11(6-9)10-5-8(7-15)1-3-12(10)16-13/h2,4,6,8,16H,1,3,5,7,15H2. The molecular formula is C13H15FN2. The van der Waals surface area contributed by atoms with Crippen LogP contribution in [-0.4, -0.2) is 11.5 Å². The number of aromatic nitrogens is 1. The zero-order valence-electron chi connectivity index (χ0n) is 9.09. The van der Waals surface area contributed by atoms with Crippen molar-refractivity contribution in [1.82, 2.24) is 4.98 Å². The number of hydrogen-bond donors (Lipinski definition) is 2. The fraction of sp³-hybridized carbons (Fsp3) is 0.385. The van der Waals surface area contributed by atoms with E-state index >= 15 is 0 Å². The Morgan fingerprint density at radius 3 is 3.12 bits per heavy atom. The highest BCUT2D eigenvalue weighted by Gasteiger charge is 2.21. The van der Waals surface area contributed by atoms with E-state index in [1.54, 1.807) is 6.07 Å². The Labute approximate surface area is 93.6 Å². The molecule has 0 aliphatic heterocycles. The van der Waals surface area contributed by atoms with E-state index < -0.39 is 0 Å². The Hall–Kier alpha value is -1.35. The Morgan fingerprint density at radius 2 is 2.31 bits per heavy atom. The summed E-state index contributed by atoms with van der Waals surface area (Å²) in [6, 6.07) is 4.95. The van der Waals surface area contributed by atoms with Crippen molar-refractivity contribution in [3.05, 3.63) is 35.3 Å². The van der Waals surface area contributed by atoms with Crippen LogP contribution < -0.4 is 5.73 Å². The summed E-state index contributed by atoms with van der Waals surface area (Å²) >= 11 is 0. The van der Waals surface area contributed by atoms with E-state index in [1.165, 1.54) is 17.3 Å². The minimum Gasteiger partial charge on any atom is -0.358 e. The molecule has 1 aromatic carbocycles. The quantitative estimate of drug-likeness (QED) is 0.758. The van der Waals surface area contributed by atoms with E-state index in [0.717, 1.165) is 36.7 Å². The minimum absolute atomic E-state index is 0.163. The van der Waals surface area contributed by atoms with Crippen molar-refractivity contribution in [3.8, 4) is 0 Å². The first-order valence-corrected chi connectivity index (χ1v) is 5.77. The van der Waals surface area contributed by atoms with Gasteiger partial charge in [-0.2, -0.15) is 0 Å². The molecular weight excluding hydrogens is 203 g/mol. The van der Waals surface area contributed by atoms with Gasteiger partial charge in [-0.3, -0.25) is 0 Å². The Bertz CT molecular complexity index is 530. The molecule has 16 heavy (non-hydrogen) atoms. The van der Waals surface area contributed by atoms with Gasteiger partial charge in [-0.25, -0.2) is 4.39 Å². The van der Waals surface area contributed by atoms with Gasteiger partial charge in [0.25, 0.3) is 0 Å². The molecule has 0 saturated carbocycles. The highest BCUT2D eigenvalue weighted by Crippen LogP contribution is 2.31. The summed E-state index contributed by atoms with van der Waals surface area (Å²) in [5.41, 5.74) is 9.31. The number of hydrogen-bond acceptors (Lipinski definition) is 1. The molecule has 2 aromatic rings. The van der Waals surface area contributed by atoms with Crippen LogP contribution in [0.15, 0.2) is 18.2 Å². The predicted molar refractivity (Wildman–Crippen MR) is 62.8 cm³/mol. The molecule has 0 fully saturated rings. The second kappa shape index (κ2) is 3.59. The zero-order chi connectivity index (χ0) is 11.1. The van der Waals surface area contributed by atoms with Crippen LogP contribution in [0.4, 0.5) is 4.39 Å². The lowest BCUT2D eigenvalue weighted by Crippen LogP contribution is -2.21. The number of nitrogens with one attached hydrogen (secondary N) is 1. The van der Waals surface area contributed by atoms with Crippen molar-refractivity contribution in [1.29, 1.82) is 0 Å². The second-order valence-electron chi connectivity index (χ2n) is 4.62. The second-order valence-corrected chi connectivity index (χ2v) is 4.62. The topological polar surface area (TPSA) is 41.8 Å². The number of rotatable bonds is 1. The van der Waals surface area contributed by atoms with Gasteiger partial charge in [-0.15, -0.1) is 0 Å². The van der Waals surface area contributed by atoms with E-state index in [-0.39, 0.29) is 5.82 Å². The Kier molecular flexibility index (Phi) is 2.21. The van der Waals surface area contributed by atoms with Crippen LogP contribution in [0.2, 0.25) is 0 Å². The molecule has 2 nitrogen and oxygen atoms in total. The first-order chi connectivity index (χ1) is 7.78. The van der Waals surface area contributed by atoms with Gasteiger partial charge in [0.15, 0.2) is 0 Å². The molecule has 3 heteroatoms.